The van der Waals surface area contributed by atoms with E-state index in [4.69, 9.17) is 5.26 Å². The molecular weight excluding hydrogens is 232 g/mol. The quantitative estimate of drug-likeness (QED) is 0.829. The van der Waals surface area contributed by atoms with Gasteiger partial charge in [0.05, 0.1) is 18.2 Å². The lowest BCUT2D eigenvalue weighted by molar-refractivity contribution is 0.880. The molecule has 2 aromatic rings. The second-order valence-electron chi connectivity index (χ2n) is 3.60. The van der Waals surface area contributed by atoms with Crippen LogP contribution in [0.15, 0.2) is 29.2 Å². The Bertz CT molecular complexity index is 516. The molecule has 0 spiro atoms. The SMILES string of the molecule is CN(CCC#N)c1cc(-c2ccsc2)ncn1. The lowest BCUT2D eigenvalue weighted by atomic mass is 10.2. The highest BCUT2D eigenvalue weighted by atomic mass is 32.1. The van der Waals surface area contributed by atoms with Crippen LogP contribution < -0.4 is 4.90 Å². The van der Waals surface area contributed by atoms with Crippen LogP contribution in [0.1, 0.15) is 6.42 Å². The van der Waals surface area contributed by atoms with E-state index in [2.05, 4.69) is 21.4 Å². The van der Waals surface area contributed by atoms with E-state index in [9.17, 15) is 0 Å². The third-order valence-corrected chi connectivity index (χ3v) is 3.10. The van der Waals surface area contributed by atoms with Gasteiger partial charge in [-0.15, -0.1) is 0 Å². The van der Waals surface area contributed by atoms with Crippen molar-refractivity contribution in [1.82, 2.24) is 9.97 Å². The molecule has 86 valence electrons. The molecule has 0 aliphatic heterocycles. The Morgan fingerprint density at radius 3 is 3.06 bits per heavy atom. The van der Waals surface area contributed by atoms with E-state index in [0.29, 0.717) is 13.0 Å². The largest absolute Gasteiger partial charge is 0.359 e. The van der Waals surface area contributed by atoms with Crippen LogP contribution in [0.25, 0.3) is 11.3 Å². The van der Waals surface area contributed by atoms with Gasteiger partial charge < -0.3 is 4.90 Å². The van der Waals surface area contributed by atoms with Crippen molar-refractivity contribution in [2.75, 3.05) is 18.5 Å². The zero-order valence-corrected chi connectivity index (χ0v) is 10.3. The van der Waals surface area contributed by atoms with E-state index < -0.39 is 0 Å². The van der Waals surface area contributed by atoms with Crippen LogP contribution >= 0.6 is 11.3 Å². The minimum atomic E-state index is 0.494. The van der Waals surface area contributed by atoms with Crippen LogP contribution in [-0.2, 0) is 0 Å². The minimum Gasteiger partial charge on any atom is -0.359 e. The molecule has 2 aromatic heterocycles. The molecule has 4 nitrogen and oxygen atoms in total. The van der Waals surface area contributed by atoms with E-state index in [0.717, 1.165) is 17.1 Å². The van der Waals surface area contributed by atoms with Crippen LogP contribution in [-0.4, -0.2) is 23.6 Å². The van der Waals surface area contributed by atoms with Crippen molar-refractivity contribution in [3.8, 4) is 17.3 Å². The summed E-state index contributed by atoms with van der Waals surface area (Å²) < 4.78 is 0. The van der Waals surface area contributed by atoms with Gasteiger partial charge in [-0.1, -0.05) is 0 Å². The summed E-state index contributed by atoms with van der Waals surface area (Å²) in [7, 11) is 1.93. The maximum Gasteiger partial charge on any atom is 0.132 e. The van der Waals surface area contributed by atoms with Crippen molar-refractivity contribution in [3.05, 3.63) is 29.2 Å². The number of hydrogen-bond acceptors (Lipinski definition) is 5. The molecule has 0 atom stereocenters. The molecule has 0 saturated carbocycles. The second-order valence-corrected chi connectivity index (χ2v) is 4.38. The fourth-order valence-corrected chi connectivity index (χ4v) is 2.11. The molecule has 0 radical (unpaired) electrons. The monoisotopic (exact) mass is 244 g/mol. The third kappa shape index (κ3) is 2.80. The summed E-state index contributed by atoms with van der Waals surface area (Å²) in [5.41, 5.74) is 2.02. The van der Waals surface area contributed by atoms with E-state index in [1.54, 1.807) is 17.7 Å². The average molecular weight is 244 g/mol. The number of nitriles is 1. The van der Waals surface area contributed by atoms with E-state index >= 15 is 0 Å². The van der Waals surface area contributed by atoms with Crippen molar-refractivity contribution in [2.24, 2.45) is 0 Å². The molecule has 2 heterocycles. The highest BCUT2D eigenvalue weighted by Gasteiger charge is 2.05. The summed E-state index contributed by atoms with van der Waals surface area (Å²) in [4.78, 5) is 10.4. The van der Waals surface area contributed by atoms with Gasteiger partial charge in [-0.05, 0) is 11.4 Å². The number of rotatable bonds is 4. The molecule has 0 unspecified atom stereocenters. The van der Waals surface area contributed by atoms with Crippen LogP contribution in [0, 0.1) is 11.3 Å². The molecule has 0 N–H and O–H groups in total. The fraction of sp³-hybridized carbons (Fsp3) is 0.250. The standard InChI is InChI=1S/C12H12N4S/c1-16(5-2-4-13)12-7-11(14-9-15-12)10-3-6-17-8-10/h3,6-9H,2,5H2,1H3. The lowest BCUT2D eigenvalue weighted by Crippen LogP contribution is -2.19. The Labute approximate surface area is 104 Å². The molecule has 0 aromatic carbocycles. The summed E-state index contributed by atoms with van der Waals surface area (Å²) in [6.45, 7) is 0.677. The number of aromatic nitrogens is 2. The van der Waals surface area contributed by atoms with Gasteiger partial charge in [-0.2, -0.15) is 16.6 Å². The number of nitrogens with zero attached hydrogens (tertiary/aromatic N) is 4. The van der Waals surface area contributed by atoms with Crippen molar-refractivity contribution in [1.29, 1.82) is 5.26 Å². The van der Waals surface area contributed by atoms with Gasteiger partial charge in [0.2, 0.25) is 0 Å². The first-order valence-electron chi connectivity index (χ1n) is 5.24. The highest BCUT2D eigenvalue weighted by molar-refractivity contribution is 7.08. The molecule has 0 aliphatic carbocycles. The fourth-order valence-electron chi connectivity index (χ4n) is 1.46. The summed E-state index contributed by atoms with van der Waals surface area (Å²) in [5.74, 6) is 0.844. The van der Waals surface area contributed by atoms with Gasteiger partial charge in [0, 0.05) is 30.6 Å². The minimum absolute atomic E-state index is 0.494. The van der Waals surface area contributed by atoms with Crippen molar-refractivity contribution < 1.29 is 0 Å². The maximum atomic E-state index is 8.56. The second kappa shape index (κ2) is 5.41. The molecule has 0 amide bonds. The number of anilines is 1. The van der Waals surface area contributed by atoms with Crippen LogP contribution in [0.4, 0.5) is 5.82 Å². The molecule has 5 heteroatoms. The van der Waals surface area contributed by atoms with Gasteiger partial charge in [-0.3, -0.25) is 0 Å². The summed E-state index contributed by atoms with van der Waals surface area (Å²) in [6.07, 6.45) is 2.06. The first-order valence-corrected chi connectivity index (χ1v) is 6.18. The normalized spacial score (nSPS) is 9.88. The van der Waals surface area contributed by atoms with Crippen LogP contribution in [0.2, 0.25) is 0 Å². The molecule has 17 heavy (non-hydrogen) atoms. The predicted molar refractivity (Wildman–Crippen MR) is 68.8 cm³/mol. The Kier molecular flexibility index (Phi) is 3.68. The van der Waals surface area contributed by atoms with Crippen LogP contribution in [0.5, 0.6) is 0 Å². The Balaban J connectivity index is 2.20. The Hall–Kier alpha value is -1.93. The van der Waals surface area contributed by atoms with E-state index in [1.165, 1.54) is 0 Å². The first-order chi connectivity index (χ1) is 8.31. The smallest absolute Gasteiger partial charge is 0.132 e. The zero-order chi connectivity index (χ0) is 12.1. The summed E-state index contributed by atoms with van der Waals surface area (Å²) in [6, 6.07) is 6.10. The summed E-state index contributed by atoms with van der Waals surface area (Å²) in [5, 5.41) is 12.6. The molecule has 0 fully saturated rings. The maximum absolute atomic E-state index is 8.56. The molecule has 2 rings (SSSR count). The van der Waals surface area contributed by atoms with Crippen molar-refractivity contribution in [2.45, 2.75) is 6.42 Å². The van der Waals surface area contributed by atoms with Crippen molar-refractivity contribution >= 4 is 17.2 Å². The summed E-state index contributed by atoms with van der Waals surface area (Å²) >= 11 is 1.65. The molecule has 0 saturated heterocycles. The average Bonchev–Trinajstić information content (AvgIpc) is 2.90. The molecule has 0 bridgehead atoms. The van der Waals surface area contributed by atoms with Gasteiger partial charge in [0.1, 0.15) is 12.1 Å². The highest BCUT2D eigenvalue weighted by Crippen LogP contribution is 2.22. The van der Waals surface area contributed by atoms with Gasteiger partial charge in [-0.25, -0.2) is 9.97 Å². The number of hydrogen-bond donors (Lipinski definition) is 0. The van der Waals surface area contributed by atoms with E-state index in [-0.39, 0.29) is 0 Å². The van der Waals surface area contributed by atoms with Gasteiger partial charge in [0.25, 0.3) is 0 Å². The van der Waals surface area contributed by atoms with Crippen LogP contribution in [0.3, 0.4) is 0 Å². The zero-order valence-electron chi connectivity index (χ0n) is 9.50. The van der Waals surface area contributed by atoms with E-state index in [1.807, 2.05) is 29.5 Å². The molecule has 0 aliphatic rings. The van der Waals surface area contributed by atoms with Gasteiger partial charge >= 0.3 is 0 Å². The Morgan fingerprint density at radius 1 is 1.47 bits per heavy atom. The molecular formula is C12H12N4S. The predicted octanol–water partition coefficient (Wildman–Crippen LogP) is 2.55. The number of thiophene rings is 1. The Morgan fingerprint density at radius 2 is 2.35 bits per heavy atom. The third-order valence-electron chi connectivity index (χ3n) is 2.42. The van der Waals surface area contributed by atoms with Crippen molar-refractivity contribution in [3.63, 3.8) is 0 Å². The lowest BCUT2D eigenvalue weighted by Gasteiger charge is -2.16. The van der Waals surface area contributed by atoms with Gasteiger partial charge in [0.15, 0.2) is 0 Å². The first kappa shape index (κ1) is 11.6. The topological polar surface area (TPSA) is 52.8 Å².